The second kappa shape index (κ2) is 10.8. The number of nitrogens with one attached hydrogen (secondary N) is 1. The van der Waals surface area contributed by atoms with Gasteiger partial charge in [-0.25, -0.2) is 13.8 Å². The molecule has 0 aliphatic rings. The predicted octanol–water partition coefficient (Wildman–Crippen LogP) is 3.06. The average Bonchev–Trinajstić information content (AvgIpc) is 2.82. The molecule has 0 fully saturated rings. The molecule has 10 heteroatoms. The molecule has 1 aromatic heterocycles. The molecule has 3 aromatic rings. The van der Waals surface area contributed by atoms with Gasteiger partial charge < -0.3 is 9.47 Å². The molecule has 0 spiro atoms. The summed E-state index contributed by atoms with van der Waals surface area (Å²) in [7, 11) is -1.26. The van der Waals surface area contributed by atoms with Crippen LogP contribution in [0.25, 0.3) is 0 Å². The Bertz CT molecular complexity index is 1270. The smallest absolute Gasteiger partial charge is 0.264 e. The lowest BCUT2D eigenvalue weighted by Crippen LogP contribution is -2.39. The third-order valence-electron chi connectivity index (χ3n) is 4.83. The van der Waals surface area contributed by atoms with E-state index in [4.69, 9.17) is 9.47 Å². The van der Waals surface area contributed by atoms with Crippen LogP contribution in [0.3, 0.4) is 0 Å². The second-order valence-electron chi connectivity index (χ2n) is 7.45. The van der Waals surface area contributed by atoms with Gasteiger partial charge in [0.05, 0.1) is 31.0 Å². The maximum absolute atomic E-state index is 13.7. The Morgan fingerprint density at radius 1 is 1.00 bits per heavy atom. The van der Waals surface area contributed by atoms with E-state index in [1.807, 2.05) is 19.9 Å². The molecule has 0 unspecified atom stereocenters. The van der Waals surface area contributed by atoms with Gasteiger partial charge in [-0.15, -0.1) is 0 Å². The number of anilines is 1. The van der Waals surface area contributed by atoms with Gasteiger partial charge in [-0.05, 0) is 66.9 Å². The highest BCUT2D eigenvalue weighted by atomic mass is 32.2. The largest absolute Gasteiger partial charge is 0.493 e. The van der Waals surface area contributed by atoms with Gasteiger partial charge in [-0.1, -0.05) is 6.07 Å². The number of hydrogen-bond donors (Lipinski definition) is 1. The molecule has 178 valence electrons. The number of carbonyl (C=O) groups is 1. The van der Waals surface area contributed by atoms with E-state index in [2.05, 4.69) is 15.5 Å². The standard InChI is InChI=1S/C24H26N4O5S/c1-17-11-18(2)13-20(12-17)28(16-24(29)27-26-15-19-7-9-25-10-8-19)34(30,31)21-5-6-22(32-3)23(14-21)33-4/h5-15H,16H2,1-4H3,(H,27,29)/b26-15-. The van der Waals surface area contributed by atoms with Crippen molar-refractivity contribution in [2.75, 3.05) is 25.1 Å². The number of aromatic nitrogens is 1. The number of amides is 1. The van der Waals surface area contributed by atoms with Crippen LogP contribution in [-0.4, -0.2) is 46.3 Å². The number of hydrazone groups is 1. The van der Waals surface area contributed by atoms with Crippen molar-refractivity contribution >= 4 is 27.8 Å². The number of rotatable bonds is 9. The Morgan fingerprint density at radius 2 is 1.65 bits per heavy atom. The third-order valence-corrected chi connectivity index (χ3v) is 6.60. The SMILES string of the molecule is COc1ccc(S(=O)(=O)N(CC(=O)N/N=C\c2ccncc2)c2cc(C)cc(C)c2)cc1OC. The summed E-state index contributed by atoms with van der Waals surface area (Å²) in [5, 5.41) is 3.92. The molecule has 1 N–H and O–H groups in total. The topological polar surface area (TPSA) is 110 Å². The lowest BCUT2D eigenvalue weighted by atomic mass is 10.1. The quantitative estimate of drug-likeness (QED) is 0.371. The lowest BCUT2D eigenvalue weighted by molar-refractivity contribution is -0.119. The second-order valence-corrected chi connectivity index (χ2v) is 9.31. The summed E-state index contributed by atoms with van der Waals surface area (Å²) >= 11 is 0. The highest BCUT2D eigenvalue weighted by Crippen LogP contribution is 2.32. The fraction of sp³-hybridized carbons (Fsp3) is 0.208. The van der Waals surface area contributed by atoms with E-state index in [9.17, 15) is 13.2 Å². The summed E-state index contributed by atoms with van der Waals surface area (Å²) in [4.78, 5) is 16.6. The number of ether oxygens (including phenoxy) is 2. The van der Waals surface area contributed by atoms with Crippen molar-refractivity contribution < 1.29 is 22.7 Å². The molecule has 9 nitrogen and oxygen atoms in total. The Morgan fingerprint density at radius 3 is 2.26 bits per heavy atom. The molecular formula is C24H26N4O5S. The van der Waals surface area contributed by atoms with E-state index >= 15 is 0 Å². The Kier molecular flexibility index (Phi) is 7.85. The van der Waals surface area contributed by atoms with Gasteiger partial charge in [0.2, 0.25) is 0 Å². The van der Waals surface area contributed by atoms with Gasteiger partial charge in [0.1, 0.15) is 6.54 Å². The first-order valence-electron chi connectivity index (χ1n) is 10.3. The van der Waals surface area contributed by atoms with Crippen molar-refractivity contribution in [1.82, 2.24) is 10.4 Å². The molecular weight excluding hydrogens is 456 g/mol. The summed E-state index contributed by atoms with van der Waals surface area (Å²) in [5.41, 5.74) is 5.20. The van der Waals surface area contributed by atoms with Crippen LogP contribution in [0.15, 0.2) is 70.9 Å². The number of methoxy groups -OCH3 is 2. The predicted molar refractivity (Wildman–Crippen MR) is 130 cm³/mol. The van der Waals surface area contributed by atoms with E-state index in [0.29, 0.717) is 11.4 Å². The van der Waals surface area contributed by atoms with Crippen molar-refractivity contribution in [3.05, 3.63) is 77.6 Å². The first kappa shape index (κ1) is 24.7. The molecule has 0 bridgehead atoms. The van der Waals surface area contributed by atoms with Gasteiger partial charge >= 0.3 is 0 Å². The Hall–Kier alpha value is -3.92. The van der Waals surface area contributed by atoms with Gasteiger partial charge in [0.25, 0.3) is 15.9 Å². The molecule has 34 heavy (non-hydrogen) atoms. The van der Waals surface area contributed by atoms with Crippen molar-refractivity contribution in [3.63, 3.8) is 0 Å². The number of sulfonamides is 1. The van der Waals surface area contributed by atoms with E-state index in [0.717, 1.165) is 21.0 Å². The van der Waals surface area contributed by atoms with Crippen LogP contribution in [0.1, 0.15) is 16.7 Å². The van der Waals surface area contributed by atoms with Crippen molar-refractivity contribution in [1.29, 1.82) is 0 Å². The highest BCUT2D eigenvalue weighted by molar-refractivity contribution is 7.92. The summed E-state index contributed by atoms with van der Waals surface area (Å²) in [6.07, 6.45) is 4.64. The Balaban J connectivity index is 1.95. The number of benzene rings is 2. The fourth-order valence-electron chi connectivity index (χ4n) is 3.31. The molecule has 0 radical (unpaired) electrons. The van der Waals surface area contributed by atoms with Crippen molar-refractivity contribution in [2.45, 2.75) is 18.7 Å². The third kappa shape index (κ3) is 5.90. The number of pyridine rings is 1. The van der Waals surface area contributed by atoms with Crippen LogP contribution in [0.4, 0.5) is 5.69 Å². The first-order valence-corrected chi connectivity index (χ1v) is 11.7. The lowest BCUT2D eigenvalue weighted by Gasteiger charge is -2.25. The summed E-state index contributed by atoms with van der Waals surface area (Å²) in [6, 6.07) is 13.1. The van der Waals surface area contributed by atoms with Crippen molar-refractivity contribution in [2.24, 2.45) is 5.10 Å². The van der Waals surface area contributed by atoms with Crippen LogP contribution in [0.2, 0.25) is 0 Å². The number of carbonyl (C=O) groups excluding carboxylic acids is 1. The van der Waals surface area contributed by atoms with Gasteiger partial charge in [-0.3, -0.25) is 14.1 Å². The molecule has 0 saturated carbocycles. The summed E-state index contributed by atoms with van der Waals surface area (Å²) in [5.74, 6) is 0.0476. The van der Waals surface area contributed by atoms with Gasteiger partial charge in [0, 0.05) is 18.5 Å². The van der Waals surface area contributed by atoms with Crippen molar-refractivity contribution in [3.8, 4) is 11.5 Å². The molecule has 0 aliphatic heterocycles. The zero-order valence-corrected chi connectivity index (χ0v) is 20.2. The summed E-state index contributed by atoms with van der Waals surface area (Å²) in [6.45, 7) is 3.24. The first-order chi connectivity index (χ1) is 16.2. The maximum Gasteiger partial charge on any atom is 0.264 e. The number of nitrogens with zero attached hydrogens (tertiary/aromatic N) is 3. The molecule has 0 atom stereocenters. The van der Waals surface area contributed by atoms with Gasteiger partial charge in [-0.2, -0.15) is 5.10 Å². The van der Waals surface area contributed by atoms with Crippen LogP contribution in [0, 0.1) is 13.8 Å². The van der Waals surface area contributed by atoms with Crippen LogP contribution >= 0.6 is 0 Å². The fourth-order valence-corrected chi connectivity index (χ4v) is 4.73. The minimum Gasteiger partial charge on any atom is -0.493 e. The van der Waals surface area contributed by atoms with E-state index in [1.165, 1.54) is 38.6 Å². The number of aryl methyl sites for hydroxylation is 2. The summed E-state index contributed by atoms with van der Waals surface area (Å²) < 4.78 is 38.8. The van der Waals surface area contributed by atoms with Crippen LogP contribution in [0.5, 0.6) is 11.5 Å². The Labute approximate surface area is 199 Å². The minimum atomic E-state index is -4.14. The number of hydrogen-bond acceptors (Lipinski definition) is 7. The molecule has 2 aromatic carbocycles. The zero-order valence-electron chi connectivity index (χ0n) is 19.3. The maximum atomic E-state index is 13.7. The monoisotopic (exact) mass is 482 g/mol. The van der Waals surface area contributed by atoms with Crippen LogP contribution < -0.4 is 19.2 Å². The highest BCUT2D eigenvalue weighted by Gasteiger charge is 2.28. The minimum absolute atomic E-state index is 0.0441. The van der Waals surface area contributed by atoms with E-state index < -0.39 is 22.5 Å². The van der Waals surface area contributed by atoms with Crippen LogP contribution in [-0.2, 0) is 14.8 Å². The molecule has 1 heterocycles. The molecule has 3 rings (SSSR count). The average molecular weight is 483 g/mol. The normalized spacial score (nSPS) is 11.3. The zero-order chi connectivity index (χ0) is 24.7. The van der Waals surface area contributed by atoms with E-state index in [-0.39, 0.29) is 10.6 Å². The molecule has 1 amide bonds. The van der Waals surface area contributed by atoms with E-state index in [1.54, 1.807) is 36.7 Å². The van der Waals surface area contributed by atoms with Gasteiger partial charge in [0.15, 0.2) is 11.5 Å². The molecule has 0 aliphatic carbocycles. The molecule has 0 saturated heterocycles.